The lowest BCUT2D eigenvalue weighted by Gasteiger charge is -2.34. The van der Waals surface area contributed by atoms with Crippen molar-refractivity contribution in [3.05, 3.63) is 582 Å². The molecule has 0 fully saturated rings. The van der Waals surface area contributed by atoms with E-state index in [2.05, 4.69) is 500 Å². The maximum atomic E-state index is 6.51. The third-order valence-electron chi connectivity index (χ3n) is 26.4. The molecule has 0 amide bonds. The maximum absolute atomic E-state index is 6.51. The van der Waals surface area contributed by atoms with Crippen molar-refractivity contribution < 1.29 is 18.9 Å². The van der Waals surface area contributed by atoms with Gasteiger partial charge >= 0.3 is 0 Å². The largest absolute Gasteiger partial charge is 0.453 e. The Kier molecular flexibility index (Phi) is 24.7. The molecule has 0 saturated carbocycles. The zero-order chi connectivity index (χ0) is 97.3. The summed E-state index contributed by atoms with van der Waals surface area (Å²) >= 11 is 0. The fourth-order valence-corrected chi connectivity index (χ4v) is 19.8. The summed E-state index contributed by atoms with van der Waals surface area (Å²) < 4.78 is 25.9. The fourth-order valence-electron chi connectivity index (χ4n) is 19.8. The van der Waals surface area contributed by atoms with E-state index in [1.807, 2.05) is 121 Å². The second kappa shape index (κ2) is 40.6. The number of nitrogens with zero attached hydrogens (tertiary/aromatic N) is 8. The number of anilines is 24. The van der Waals surface area contributed by atoms with E-state index < -0.39 is 0 Å². The highest BCUT2D eigenvalue weighted by Gasteiger charge is 2.34. The summed E-state index contributed by atoms with van der Waals surface area (Å²) in [5.41, 5.74) is 27.9. The van der Waals surface area contributed by atoms with Gasteiger partial charge in [0.2, 0.25) is 0 Å². The Hall–Kier alpha value is -19.8. The monoisotopic (exact) mass is 1880 g/mol. The number of rotatable bonds is 17. The number of hydrogen-bond acceptors (Lipinski definition) is 12. The van der Waals surface area contributed by atoms with Gasteiger partial charge in [0.05, 0.1) is 56.9 Å². The first-order valence-corrected chi connectivity index (χ1v) is 49.1. The molecule has 23 aromatic rings. The SMILES string of the molecule is c1ccc(-c2ccc(N(c3ccccc3)c3ccc4c(c3)Oc3ccccc3N4c3ccccc3)cc2)cc1.c1ccc(N(c2ccc3c(c2)Oc2ccccc2N3c2ccccc2)c2ccc3ccccc3c2)cc1.c1ccc(N(c2ccccc2)c2ccc3c(c2)Oc2ccccc2N3c2ccccc2)cc1.c1ccc(N2c3ccccc3Oc3cc(N(c4ccccc4)c4cccc5ccccc45)ccc32)cc1. The molecule has 27 rings (SSSR count). The molecular formula is C134H96N8O4. The standard InChI is InChI=1S/C36H26N2O.2C34H24N2O.C30H22N2O/c1-4-12-27(13-5-1)28-20-22-31(23-21-28)37(29-14-6-2-7-15-29)32-24-25-34-36(26-32)39-35-19-11-10-18-33(35)38(34)30-16-8-3-9-17-30;1-3-14-26(15-4-1)35(30-20-11-13-25-12-7-8-18-29(25)30)28-22-23-32-34(24-28)37-33-21-10-9-19-31(33)36(32)27-16-5-2-6-17-27;1-3-13-27(14-4-1)35(29-20-19-25-11-7-8-12-26(25)23-29)30-21-22-32-34(24-30)37-33-18-10-9-17-31(33)36(32)28-15-5-2-6-16-28;1-4-12-23(13-5-1)31(24-14-6-2-7-15-24)26-20-21-28-30(22-26)33-29-19-11-10-18-27(29)32(28)25-16-8-3-9-17-25/h1-26H;2*1-24H;1-22H. The van der Waals surface area contributed by atoms with Gasteiger partial charge in [0.1, 0.15) is 0 Å². The zero-order valence-electron chi connectivity index (χ0n) is 79.6. The Balaban J connectivity index is 0.000000104. The molecule has 0 spiro atoms. The Morgan fingerprint density at radius 2 is 0.356 bits per heavy atom. The summed E-state index contributed by atoms with van der Waals surface area (Å²) in [6, 6.07) is 202. The first-order chi connectivity index (χ1) is 72.4. The van der Waals surface area contributed by atoms with Crippen molar-refractivity contribution in [2.45, 2.75) is 0 Å². The average molecular weight is 1880 g/mol. The predicted molar refractivity (Wildman–Crippen MR) is 604 cm³/mol. The second-order valence-corrected chi connectivity index (χ2v) is 35.5. The van der Waals surface area contributed by atoms with Crippen molar-refractivity contribution in [2.75, 3.05) is 39.2 Å². The van der Waals surface area contributed by atoms with Crippen LogP contribution in [-0.2, 0) is 0 Å². The van der Waals surface area contributed by atoms with Gasteiger partial charge in [-0.25, -0.2) is 0 Å². The van der Waals surface area contributed by atoms with Crippen LogP contribution in [0, 0.1) is 0 Å². The van der Waals surface area contributed by atoms with Gasteiger partial charge in [0.25, 0.3) is 0 Å². The molecule has 23 aromatic carbocycles. The molecule has 146 heavy (non-hydrogen) atoms. The Bertz CT molecular complexity index is 8470. The predicted octanol–water partition coefficient (Wildman–Crippen LogP) is 38.9. The lowest BCUT2D eigenvalue weighted by molar-refractivity contribution is 0.477. The van der Waals surface area contributed by atoms with Crippen LogP contribution in [0.3, 0.4) is 0 Å². The molecule has 0 unspecified atom stereocenters. The first-order valence-electron chi connectivity index (χ1n) is 49.1. The van der Waals surface area contributed by atoms with Crippen molar-refractivity contribution in [2.24, 2.45) is 0 Å². The van der Waals surface area contributed by atoms with Gasteiger partial charge in [-0.05, 0) is 264 Å². The van der Waals surface area contributed by atoms with E-state index in [0.29, 0.717) is 0 Å². The van der Waals surface area contributed by atoms with Crippen LogP contribution in [0.5, 0.6) is 46.0 Å². The molecule has 0 saturated heterocycles. The number of para-hydroxylation sites is 17. The van der Waals surface area contributed by atoms with Crippen molar-refractivity contribution >= 4 is 158 Å². The third-order valence-corrected chi connectivity index (χ3v) is 26.4. The van der Waals surface area contributed by atoms with Gasteiger partial charge in [-0.1, -0.05) is 322 Å². The molecule has 0 bridgehead atoms. The lowest BCUT2D eigenvalue weighted by Crippen LogP contribution is -2.16. The molecule has 0 atom stereocenters. The molecule has 0 aliphatic carbocycles. The van der Waals surface area contributed by atoms with Crippen molar-refractivity contribution in [1.82, 2.24) is 0 Å². The summed E-state index contributed by atoms with van der Waals surface area (Å²) in [5, 5.41) is 4.84. The van der Waals surface area contributed by atoms with Gasteiger partial charge in [0.15, 0.2) is 46.0 Å². The van der Waals surface area contributed by atoms with Crippen LogP contribution in [0.25, 0.3) is 32.7 Å². The van der Waals surface area contributed by atoms with E-state index in [1.54, 1.807) is 0 Å². The maximum Gasteiger partial charge on any atom is 0.153 e. The molecule has 12 nitrogen and oxygen atoms in total. The van der Waals surface area contributed by atoms with E-state index in [9.17, 15) is 0 Å². The molecule has 4 aliphatic heterocycles. The molecule has 0 radical (unpaired) electrons. The molecular weight excluding hydrogens is 1790 g/mol. The molecule has 0 N–H and O–H groups in total. The molecule has 696 valence electrons. The minimum atomic E-state index is 0.817. The molecule has 4 heterocycles. The summed E-state index contributed by atoms with van der Waals surface area (Å²) in [5.74, 6) is 6.65. The topological polar surface area (TPSA) is 62.8 Å². The smallest absolute Gasteiger partial charge is 0.153 e. The zero-order valence-corrected chi connectivity index (χ0v) is 79.6. The summed E-state index contributed by atoms with van der Waals surface area (Å²) in [6.45, 7) is 0. The van der Waals surface area contributed by atoms with Crippen LogP contribution in [0.4, 0.5) is 136 Å². The van der Waals surface area contributed by atoms with Crippen LogP contribution in [0.15, 0.2) is 582 Å². The number of fused-ring (bicyclic) bond motifs is 10. The van der Waals surface area contributed by atoms with E-state index in [0.717, 1.165) is 182 Å². The summed E-state index contributed by atoms with van der Waals surface area (Å²) in [4.78, 5) is 18.2. The van der Waals surface area contributed by atoms with Crippen LogP contribution >= 0.6 is 0 Å². The second-order valence-electron chi connectivity index (χ2n) is 35.5. The molecule has 0 aromatic heterocycles. The van der Waals surface area contributed by atoms with E-state index in [-0.39, 0.29) is 0 Å². The van der Waals surface area contributed by atoms with Gasteiger partial charge < -0.3 is 58.1 Å². The number of hydrogen-bond donors (Lipinski definition) is 0. The van der Waals surface area contributed by atoms with E-state index in [1.165, 1.54) is 32.7 Å². The fraction of sp³-hybridized carbons (Fsp3) is 0. The van der Waals surface area contributed by atoms with Crippen LogP contribution in [0.2, 0.25) is 0 Å². The van der Waals surface area contributed by atoms with Crippen molar-refractivity contribution in [3.63, 3.8) is 0 Å². The van der Waals surface area contributed by atoms with Gasteiger partial charge in [-0.2, -0.15) is 0 Å². The van der Waals surface area contributed by atoms with E-state index in [4.69, 9.17) is 18.9 Å². The third kappa shape index (κ3) is 18.0. The summed E-state index contributed by atoms with van der Waals surface area (Å²) in [7, 11) is 0. The minimum absolute atomic E-state index is 0.817. The van der Waals surface area contributed by atoms with Gasteiger partial charge in [0, 0.05) is 109 Å². The van der Waals surface area contributed by atoms with Gasteiger partial charge in [-0.3, -0.25) is 0 Å². The number of ether oxygens (including phenoxy) is 4. The highest BCUT2D eigenvalue weighted by atomic mass is 16.5. The van der Waals surface area contributed by atoms with Crippen LogP contribution in [0.1, 0.15) is 0 Å². The number of benzene rings is 23. The Morgan fingerprint density at radius 1 is 0.130 bits per heavy atom. The van der Waals surface area contributed by atoms with Crippen LogP contribution < -0.4 is 58.1 Å². The van der Waals surface area contributed by atoms with Crippen LogP contribution in [-0.4, -0.2) is 0 Å². The average Bonchev–Trinajstić information content (AvgIpc) is 0.752. The van der Waals surface area contributed by atoms with E-state index >= 15 is 0 Å². The minimum Gasteiger partial charge on any atom is -0.453 e. The first kappa shape index (κ1) is 88.8. The lowest BCUT2D eigenvalue weighted by atomic mass is 10.0. The van der Waals surface area contributed by atoms with Crippen molar-refractivity contribution in [3.8, 4) is 57.1 Å². The van der Waals surface area contributed by atoms with Gasteiger partial charge in [-0.15, -0.1) is 0 Å². The normalized spacial score (nSPS) is 11.9. The summed E-state index contributed by atoms with van der Waals surface area (Å²) in [6.07, 6.45) is 0. The molecule has 4 aliphatic rings. The Labute approximate surface area is 849 Å². The van der Waals surface area contributed by atoms with Crippen molar-refractivity contribution in [1.29, 1.82) is 0 Å². The highest BCUT2D eigenvalue weighted by molar-refractivity contribution is 6.01. The Morgan fingerprint density at radius 3 is 0.705 bits per heavy atom. The quantitative estimate of drug-likeness (QED) is 0.0872. The highest BCUT2D eigenvalue weighted by Crippen LogP contribution is 2.59. The molecule has 12 heteroatoms.